The number of rotatable bonds is 4. The van der Waals surface area contributed by atoms with Crippen LogP contribution in [0.3, 0.4) is 0 Å². The predicted molar refractivity (Wildman–Crippen MR) is 142 cm³/mol. The zero-order valence-electron chi connectivity index (χ0n) is 19.4. The average molecular weight is 547 g/mol. The number of aryl methyl sites for hydroxylation is 1. The maximum absolute atomic E-state index is 6.74. The lowest BCUT2D eigenvalue weighted by atomic mass is 9.84. The first-order valence-corrected chi connectivity index (χ1v) is 13.3. The first kappa shape index (κ1) is 22.2. The Morgan fingerprint density at radius 2 is 1.89 bits per heavy atom. The summed E-state index contributed by atoms with van der Waals surface area (Å²) in [7, 11) is 1.69. The van der Waals surface area contributed by atoms with Crippen molar-refractivity contribution in [3.05, 3.63) is 99.0 Å². The van der Waals surface area contributed by atoms with Gasteiger partial charge in [0.1, 0.15) is 17.5 Å². The van der Waals surface area contributed by atoms with E-state index in [0.717, 1.165) is 55.0 Å². The zero-order valence-corrected chi connectivity index (χ0v) is 21.9. The van der Waals surface area contributed by atoms with Crippen LogP contribution in [0, 0.1) is 6.92 Å². The maximum Gasteiger partial charge on any atom is 0.227 e. The standard InChI is InChI=1S/C27H23BrN4O2S/c1-15-8-10-16(11-9-15)24-22-23(29-26-30-27(35-3)31-32(24)26)18-6-4-5-7-21(18)34-25(22)19-14-17(28)12-13-20(19)33-2/h4-14,24-25H,1-3H3,(H,29,30,31). The van der Waals surface area contributed by atoms with Gasteiger partial charge < -0.3 is 14.8 Å². The Labute approximate surface area is 216 Å². The molecule has 0 aliphatic carbocycles. The van der Waals surface area contributed by atoms with Crippen molar-refractivity contribution < 1.29 is 9.47 Å². The molecule has 8 heteroatoms. The van der Waals surface area contributed by atoms with Gasteiger partial charge in [0, 0.05) is 21.2 Å². The molecule has 3 aromatic carbocycles. The van der Waals surface area contributed by atoms with Crippen molar-refractivity contribution >= 4 is 39.3 Å². The van der Waals surface area contributed by atoms with Crippen molar-refractivity contribution in [1.82, 2.24) is 14.8 Å². The lowest BCUT2D eigenvalue weighted by molar-refractivity contribution is 0.217. The first-order chi connectivity index (χ1) is 17.1. The van der Waals surface area contributed by atoms with Crippen molar-refractivity contribution in [2.24, 2.45) is 0 Å². The molecule has 2 aliphatic rings. The Kier molecular flexibility index (Phi) is 5.57. The molecule has 3 heterocycles. The Bertz CT molecular complexity index is 1460. The predicted octanol–water partition coefficient (Wildman–Crippen LogP) is 6.64. The number of anilines is 1. The fourth-order valence-electron chi connectivity index (χ4n) is 4.78. The average Bonchev–Trinajstić information content (AvgIpc) is 3.30. The molecule has 35 heavy (non-hydrogen) atoms. The lowest BCUT2D eigenvalue weighted by Gasteiger charge is -2.39. The van der Waals surface area contributed by atoms with Crippen molar-refractivity contribution in [2.75, 3.05) is 18.7 Å². The van der Waals surface area contributed by atoms with Gasteiger partial charge in [0.05, 0.1) is 12.8 Å². The maximum atomic E-state index is 6.74. The molecule has 0 fully saturated rings. The highest BCUT2D eigenvalue weighted by atomic mass is 79.9. The Hall–Kier alpha value is -3.23. The van der Waals surface area contributed by atoms with E-state index in [-0.39, 0.29) is 6.04 Å². The van der Waals surface area contributed by atoms with Gasteiger partial charge >= 0.3 is 0 Å². The van der Waals surface area contributed by atoms with E-state index in [0.29, 0.717) is 0 Å². The van der Waals surface area contributed by atoms with Crippen LogP contribution in [0.1, 0.15) is 34.4 Å². The number of hydrogen-bond donors (Lipinski definition) is 1. The van der Waals surface area contributed by atoms with E-state index in [1.807, 2.05) is 41.3 Å². The van der Waals surface area contributed by atoms with E-state index in [1.54, 1.807) is 7.11 Å². The highest BCUT2D eigenvalue weighted by Gasteiger charge is 2.42. The molecule has 6 nitrogen and oxygen atoms in total. The molecule has 0 saturated heterocycles. The molecule has 2 aliphatic heterocycles. The van der Waals surface area contributed by atoms with Crippen molar-refractivity contribution in [3.8, 4) is 11.5 Å². The number of aromatic nitrogens is 3. The van der Waals surface area contributed by atoms with Gasteiger partial charge in [-0.15, -0.1) is 5.10 Å². The second-order valence-electron chi connectivity index (χ2n) is 8.52. The second-order valence-corrected chi connectivity index (χ2v) is 10.2. The van der Waals surface area contributed by atoms with E-state index >= 15 is 0 Å². The normalized spacial score (nSPS) is 18.2. The summed E-state index contributed by atoms with van der Waals surface area (Å²) >= 11 is 5.17. The number of nitrogens with one attached hydrogen (secondary N) is 1. The third kappa shape index (κ3) is 3.72. The summed E-state index contributed by atoms with van der Waals surface area (Å²) in [6.45, 7) is 2.10. The molecule has 2 unspecified atom stereocenters. The minimum atomic E-state index is -0.402. The summed E-state index contributed by atoms with van der Waals surface area (Å²) in [5, 5.41) is 9.17. The first-order valence-electron chi connectivity index (χ1n) is 11.2. The highest BCUT2D eigenvalue weighted by molar-refractivity contribution is 9.10. The van der Waals surface area contributed by atoms with Gasteiger partial charge in [0.15, 0.2) is 6.10 Å². The van der Waals surface area contributed by atoms with Crippen molar-refractivity contribution in [1.29, 1.82) is 0 Å². The summed E-state index contributed by atoms with van der Waals surface area (Å²) < 4.78 is 15.5. The molecular formula is C27H23BrN4O2S. The smallest absolute Gasteiger partial charge is 0.227 e. The molecular weight excluding hydrogens is 524 g/mol. The summed E-state index contributed by atoms with van der Waals surface area (Å²) in [4.78, 5) is 4.77. The second kappa shape index (κ2) is 8.77. The van der Waals surface area contributed by atoms with Crippen molar-refractivity contribution in [2.45, 2.75) is 24.2 Å². The number of para-hydroxylation sites is 1. The van der Waals surface area contributed by atoms with Crippen LogP contribution in [-0.2, 0) is 0 Å². The Morgan fingerprint density at radius 1 is 1.09 bits per heavy atom. The van der Waals surface area contributed by atoms with Crippen LogP contribution in [0.15, 0.2) is 81.9 Å². The third-order valence-corrected chi connectivity index (χ3v) is 7.44. The van der Waals surface area contributed by atoms with E-state index in [2.05, 4.69) is 64.6 Å². The monoisotopic (exact) mass is 546 g/mol. The Morgan fingerprint density at radius 3 is 2.66 bits per heavy atom. The lowest BCUT2D eigenvalue weighted by Crippen LogP contribution is -2.32. The fourth-order valence-corrected chi connectivity index (χ4v) is 5.51. The molecule has 0 bridgehead atoms. The summed E-state index contributed by atoms with van der Waals surface area (Å²) in [5.74, 6) is 2.29. The van der Waals surface area contributed by atoms with Crippen LogP contribution < -0.4 is 14.8 Å². The quantitative estimate of drug-likeness (QED) is 0.289. The minimum Gasteiger partial charge on any atom is -0.496 e. The number of hydrogen-bond acceptors (Lipinski definition) is 6. The van der Waals surface area contributed by atoms with E-state index in [9.17, 15) is 0 Å². The molecule has 2 atom stereocenters. The Balaban J connectivity index is 1.65. The molecule has 0 saturated carbocycles. The van der Waals surface area contributed by atoms with E-state index in [4.69, 9.17) is 19.6 Å². The van der Waals surface area contributed by atoms with Crippen LogP contribution >= 0.6 is 27.7 Å². The van der Waals surface area contributed by atoms with Crippen molar-refractivity contribution in [3.63, 3.8) is 0 Å². The number of ether oxygens (including phenoxy) is 2. The number of halogens is 1. The van der Waals surface area contributed by atoms with Gasteiger partial charge in [-0.25, -0.2) is 4.68 Å². The van der Waals surface area contributed by atoms with Crippen LogP contribution in [0.25, 0.3) is 5.70 Å². The van der Waals surface area contributed by atoms with Gasteiger partial charge in [-0.3, -0.25) is 0 Å². The van der Waals surface area contributed by atoms with E-state index in [1.165, 1.54) is 17.3 Å². The molecule has 176 valence electrons. The number of nitrogens with zero attached hydrogens (tertiary/aromatic N) is 3. The third-order valence-electron chi connectivity index (χ3n) is 6.41. The van der Waals surface area contributed by atoms with Crippen LogP contribution in [-0.4, -0.2) is 28.1 Å². The molecule has 1 N–H and O–H groups in total. The number of benzene rings is 3. The molecule has 6 rings (SSSR count). The van der Waals surface area contributed by atoms with Crippen LogP contribution in [0.4, 0.5) is 5.95 Å². The van der Waals surface area contributed by atoms with Crippen LogP contribution in [0.5, 0.6) is 11.5 Å². The SMILES string of the molecule is COc1ccc(Br)cc1C1Oc2ccccc2C2=C1C(c1ccc(C)cc1)n1nc(SC)nc1N2. The minimum absolute atomic E-state index is 0.211. The van der Waals surface area contributed by atoms with Gasteiger partial charge in [-0.05, 0) is 49.1 Å². The molecule has 0 radical (unpaired) electrons. The van der Waals surface area contributed by atoms with Gasteiger partial charge in [0.25, 0.3) is 0 Å². The molecule has 1 aromatic heterocycles. The number of thioether (sulfide) groups is 1. The molecule has 0 spiro atoms. The number of methoxy groups -OCH3 is 1. The van der Waals surface area contributed by atoms with Gasteiger partial charge in [-0.2, -0.15) is 4.98 Å². The molecule has 0 amide bonds. The topological polar surface area (TPSA) is 61.2 Å². The van der Waals surface area contributed by atoms with E-state index < -0.39 is 6.10 Å². The zero-order chi connectivity index (χ0) is 24.1. The summed E-state index contributed by atoms with van der Waals surface area (Å²) in [6.07, 6.45) is 1.59. The summed E-state index contributed by atoms with van der Waals surface area (Å²) in [5.41, 5.74) is 6.33. The summed E-state index contributed by atoms with van der Waals surface area (Å²) in [6, 6.07) is 22.5. The number of fused-ring (bicyclic) bond motifs is 3. The van der Waals surface area contributed by atoms with Crippen LogP contribution in [0.2, 0.25) is 0 Å². The largest absolute Gasteiger partial charge is 0.496 e. The van der Waals surface area contributed by atoms with Gasteiger partial charge in [-0.1, -0.05) is 69.7 Å². The molecule has 4 aromatic rings. The van der Waals surface area contributed by atoms with Gasteiger partial charge in [0.2, 0.25) is 11.1 Å². The fraction of sp³-hybridized carbons (Fsp3) is 0.185. The highest BCUT2D eigenvalue weighted by Crippen LogP contribution is 2.52.